The standard InChI is InChI=1S/C21H40N6O2/c1-9-22-20(23-12-18(11-15(3)4)24-21(28)29-10-2)26(7)13-17-14-27(8)25-19(17)16(5)6/h14-16,18H,9-13H2,1-8H3,(H,22,23)(H,24,28). The van der Waals surface area contributed by atoms with Gasteiger partial charge in [-0.2, -0.15) is 5.10 Å². The predicted molar refractivity (Wildman–Crippen MR) is 118 cm³/mol. The molecule has 0 aromatic carbocycles. The third-order valence-corrected chi connectivity index (χ3v) is 4.40. The van der Waals surface area contributed by atoms with Crippen molar-refractivity contribution in [2.45, 2.75) is 66.5 Å². The second-order valence-corrected chi connectivity index (χ2v) is 8.11. The van der Waals surface area contributed by atoms with E-state index in [4.69, 9.17) is 9.73 Å². The van der Waals surface area contributed by atoms with Crippen molar-refractivity contribution in [3.05, 3.63) is 17.5 Å². The second kappa shape index (κ2) is 12.3. The normalized spacial score (nSPS) is 13.0. The summed E-state index contributed by atoms with van der Waals surface area (Å²) in [6.45, 7) is 14.8. The summed E-state index contributed by atoms with van der Waals surface area (Å²) >= 11 is 0. The number of aryl methyl sites for hydroxylation is 1. The Morgan fingerprint density at radius 1 is 1.31 bits per heavy atom. The van der Waals surface area contributed by atoms with Crippen molar-refractivity contribution in [1.29, 1.82) is 0 Å². The molecular weight excluding hydrogens is 368 g/mol. The van der Waals surface area contributed by atoms with E-state index in [0.29, 0.717) is 31.5 Å². The van der Waals surface area contributed by atoms with E-state index in [1.807, 2.05) is 18.8 Å². The van der Waals surface area contributed by atoms with Crippen molar-refractivity contribution >= 4 is 12.1 Å². The summed E-state index contributed by atoms with van der Waals surface area (Å²) in [7, 11) is 3.97. The summed E-state index contributed by atoms with van der Waals surface area (Å²) < 4.78 is 6.90. The minimum atomic E-state index is -0.386. The summed E-state index contributed by atoms with van der Waals surface area (Å²) in [5.74, 6) is 1.62. The van der Waals surface area contributed by atoms with Gasteiger partial charge in [-0.25, -0.2) is 4.79 Å². The number of ether oxygens (including phenoxy) is 1. The number of hydrogen-bond acceptors (Lipinski definition) is 4. The monoisotopic (exact) mass is 408 g/mol. The molecule has 0 saturated heterocycles. The van der Waals surface area contributed by atoms with Crippen LogP contribution < -0.4 is 10.6 Å². The predicted octanol–water partition coefficient (Wildman–Crippen LogP) is 3.10. The van der Waals surface area contributed by atoms with Crippen LogP contribution in [0.1, 0.15) is 65.1 Å². The molecule has 0 aliphatic rings. The third kappa shape index (κ3) is 8.75. The zero-order chi connectivity index (χ0) is 22.0. The van der Waals surface area contributed by atoms with E-state index in [9.17, 15) is 4.79 Å². The molecule has 0 aliphatic heterocycles. The minimum absolute atomic E-state index is 0.0688. The van der Waals surface area contributed by atoms with Gasteiger partial charge in [-0.05, 0) is 32.1 Å². The molecular formula is C21H40N6O2. The topological polar surface area (TPSA) is 83.8 Å². The molecule has 8 heteroatoms. The van der Waals surface area contributed by atoms with Crippen LogP contribution in [0.4, 0.5) is 4.79 Å². The Hall–Kier alpha value is -2.25. The molecule has 8 nitrogen and oxygen atoms in total. The van der Waals surface area contributed by atoms with E-state index < -0.39 is 0 Å². The van der Waals surface area contributed by atoms with Gasteiger partial charge in [-0.15, -0.1) is 0 Å². The van der Waals surface area contributed by atoms with Gasteiger partial charge in [0, 0.05) is 38.9 Å². The maximum absolute atomic E-state index is 11.9. The smallest absolute Gasteiger partial charge is 0.407 e. The van der Waals surface area contributed by atoms with Crippen LogP contribution in [-0.2, 0) is 18.3 Å². The summed E-state index contributed by atoms with van der Waals surface area (Å²) in [6, 6.07) is -0.0688. The lowest BCUT2D eigenvalue weighted by Crippen LogP contribution is -2.42. The van der Waals surface area contributed by atoms with Crippen LogP contribution in [0, 0.1) is 5.92 Å². The number of guanidine groups is 1. The van der Waals surface area contributed by atoms with Crippen molar-refractivity contribution in [3.63, 3.8) is 0 Å². The Morgan fingerprint density at radius 3 is 2.55 bits per heavy atom. The molecule has 1 unspecified atom stereocenters. The lowest BCUT2D eigenvalue weighted by molar-refractivity contribution is 0.147. The highest BCUT2D eigenvalue weighted by molar-refractivity contribution is 5.79. The fourth-order valence-electron chi connectivity index (χ4n) is 3.25. The molecule has 1 aromatic heterocycles. The highest BCUT2D eigenvalue weighted by atomic mass is 16.5. The van der Waals surface area contributed by atoms with Gasteiger partial charge in [0.1, 0.15) is 0 Å². The van der Waals surface area contributed by atoms with E-state index >= 15 is 0 Å². The van der Waals surface area contributed by atoms with Gasteiger partial charge in [0.25, 0.3) is 0 Å². The molecule has 0 aliphatic carbocycles. The summed E-state index contributed by atoms with van der Waals surface area (Å²) in [4.78, 5) is 18.8. The second-order valence-electron chi connectivity index (χ2n) is 8.11. The molecule has 0 saturated carbocycles. The molecule has 0 spiro atoms. The molecule has 0 bridgehead atoms. The van der Waals surface area contributed by atoms with Crippen molar-refractivity contribution in [1.82, 2.24) is 25.3 Å². The van der Waals surface area contributed by atoms with Crippen LogP contribution in [0.15, 0.2) is 11.2 Å². The van der Waals surface area contributed by atoms with Gasteiger partial charge in [-0.3, -0.25) is 9.67 Å². The molecule has 1 rings (SSSR count). The fraction of sp³-hybridized carbons (Fsp3) is 0.762. The zero-order valence-corrected chi connectivity index (χ0v) is 19.5. The highest BCUT2D eigenvalue weighted by Gasteiger charge is 2.17. The Bertz CT molecular complexity index is 654. The summed E-state index contributed by atoms with van der Waals surface area (Å²) in [6.07, 6.45) is 2.52. The van der Waals surface area contributed by atoms with E-state index in [2.05, 4.69) is 61.4 Å². The Kier molecular flexibility index (Phi) is 10.5. The number of rotatable bonds is 10. The van der Waals surface area contributed by atoms with E-state index in [-0.39, 0.29) is 12.1 Å². The average Bonchev–Trinajstić information content (AvgIpc) is 2.98. The molecule has 1 aromatic rings. The maximum atomic E-state index is 11.9. The molecule has 1 amide bonds. The van der Waals surface area contributed by atoms with Crippen LogP contribution in [0.2, 0.25) is 0 Å². The van der Waals surface area contributed by atoms with E-state index in [0.717, 1.165) is 24.6 Å². The average molecular weight is 409 g/mol. The van der Waals surface area contributed by atoms with Crippen LogP contribution in [-0.4, -0.2) is 59.5 Å². The van der Waals surface area contributed by atoms with Gasteiger partial charge in [0.05, 0.1) is 24.9 Å². The Morgan fingerprint density at radius 2 is 2.00 bits per heavy atom. The first-order valence-corrected chi connectivity index (χ1v) is 10.6. The highest BCUT2D eigenvalue weighted by Crippen LogP contribution is 2.18. The largest absolute Gasteiger partial charge is 0.450 e. The minimum Gasteiger partial charge on any atom is -0.450 e. The third-order valence-electron chi connectivity index (χ3n) is 4.40. The molecule has 29 heavy (non-hydrogen) atoms. The molecule has 0 fully saturated rings. The van der Waals surface area contributed by atoms with E-state index in [1.54, 1.807) is 6.92 Å². The van der Waals surface area contributed by atoms with Crippen molar-refractivity contribution in [3.8, 4) is 0 Å². The lowest BCUT2D eigenvalue weighted by Gasteiger charge is -2.24. The number of alkyl carbamates (subject to hydrolysis) is 1. The van der Waals surface area contributed by atoms with Gasteiger partial charge in [-0.1, -0.05) is 27.7 Å². The SMILES string of the molecule is CCNC(=NCC(CC(C)C)NC(=O)OCC)N(C)Cc1cn(C)nc1C(C)C. The van der Waals surface area contributed by atoms with Crippen molar-refractivity contribution in [2.24, 2.45) is 18.0 Å². The number of carbonyl (C=O) groups excluding carboxylic acids is 1. The first-order valence-electron chi connectivity index (χ1n) is 10.6. The number of aromatic nitrogens is 2. The number of hydrogen-bond donors (Lipinski definition) is 2. The Labute approximate surface area is 176 Å². The van der Waals surface area contributed by atoms with Crippen molar-refractivity contribution in [2.75, 3.05) is 26.7 Å². The quantitative estimate of drug-likeness (QED) is 0.459. The number of carbonyl (C=O) groups is 1. The van der Waals surface area contributed by atoms with Crippen molar-refractivity contribution < 1.29 is 9.53 Å². The lowest BCUT2D eigenvalue weighted by atomic mass is 10.0. The van der Waals surface area contributed by atoms with Gasteiger partial charge < -0.3 is 20.3 Å². The van der Waals surface area contributed by atoms with E-state index in [1.165, 1.54) is 5.56 Å². The molecule has 166 valence electrons. The zero-order valence-electron chi connectivity index (χ0n) is 19.5. The number of amides is 1. The molecule has 2 N–H and O–H groups in total. The van der Waals surface area contributed by atoms with Crippen LogP contribution in [0.3, 0.4) is 0 Å². The molecule has 1 heterocycles. The fourth-order valence-corrected chi connectivity index (χ4v) is 3.25. The first-order chi connectivity index (χ1) is 13.7. The first kappa shape index (κ1) is 24.8. The van der Waals surface area contributed by atoms with Gasteiger partial charge in [0.2, 0.25) is 0 Å². The summed E-state index contributed by atoms with van der Waals surface area (Å²) in [5.41, 5.74) is 2.30. The molecule has 1 atom stereocenters. The number of nitrogens with zero attached hydrogens (tertiary/aromatic N) is 4. The van der Waals surface area contributed by atoms with Crippen LogP contribution >= 0.6 is 0 Å². The van der Waals surface area contributed by atoms with Crippen LogP contribution in [0.25, 0.3) is 0 Å². The van der Waals surface area contributed by atoms with Gasteiger partial charge >= 0.3 is 6.09 Å². The Balaban J connectivity index is 2.91. The molecule has 0 radical (unpaired) electrons. The van der Waals surface area contributed by atoms with Crippen LogP contribution in [0.5, 0.6) is 0 Å². The maximum Gasteiger partial charge on any atom is 0.407 e. The van der Waals surface area contributed by atoms with Gasteiger partial charge in [0.15, 0.2) is 5.96 Å². The number of aliphatic imine (C=N–C) groups is 1. The number of nitrogens with one attached hydrogen (secondary N) is 2. The summed E-state index contributed by atoms with van der Waals surface area (Å²) in [5, 5.41) is 10.9.